The van der Waals surface area contributed by atoms with Gasteiger partial charge in [0.15, 0.2) is 0 Å². The molecule has 0 N–H and O–H groups in total. The Morgan fingerprint density at radius 3 is 2.69 bits per heavy atom. The average molecular weight is 382 g/mol. The van der Waals surface area contributed by atoms with Gasteiger partial charge in [0, 0.05) is 22.7 Å². The lowest BCUT2D eigenvalue weighted by Gasteiger charge is -2.38. The molecule has 1 heterocycles. The Bertz CT molecular complexity index is 759. The first-order valence-corrected chi connectivity index (χ1v) is 8.68. The van der Waals surface area contributed by atoms with Crippen molar-refractivity contribution in [3.05, 3.63) is 47.0 Å². The Hall–Kier alpha value is -2.06. The predicted octanol–water partition coefficient (Wildman–Crippen LogP) is 5.14. The van der Waals surface area contributed by atoms with Crippen LogP contribution in [0.5, 0.6) is 0 Å². The Balaban J connectivity index is 2.06. The molecule has 0 aromatic heterocycles. The van der Waals surface area contributed by atoms with Crippen LogP contribution in [0.1, 0.15) is 32.8 Å². The fourth-order valence-electron chi connectivity index (χ4n) is 2.66. The Labute approximate surface area is 158 Å². The number of hydrogen-bond donors (Lipinski definition) is 0. The van der Waals surface area contributed by atoms with E-state index < -0.39 is 30.1 Å². The molecule has 6 heteroatoms. The zero-order valence-corrected chi connectivity index (χ0v) is 15.9. The number of likely N-dealkylation sites (tertiary alicyclic amines) is 1. The molecule has 1 saturated heterocycles. The van der Waals surface area contributed by atoms with Crippen molar-refractivity contribution in [2.45, 2.75) is 38.7 Å². The molecule has 3 nitrogen and oxygen atoms in total. The maximum atomic E-state index is 14.6. The summed E-state index contributed by atoms with van der Waals surface area (Å²) >= 11 is 5.89. The molecular weight excluding hydrogens is 360 g/mol. The lowest BCUT2D eigenvalue weighted by molar-refractivity contribution is -0.0971. The third kappa shape index (κ3) is 5.47. The third-order valence-corrected chi connectivity index (χ3v) is 4.10. The summed E-state index contributed by atoms with van der Waals surface area (Å²) in [5.74, 6) is 1.31. The van der Waals surface area contributed by atoms with Gasteiger partial charge in [-0.15, -0.1) is 0 Å². The molecule has 1 unspecified atom stereocenters. The van der Waals surface area contributed by atoms with Crippen LogP contribution in [0.15, 0.2) is 36.4 Å². The minimum Gasteiger partial charge on any atom is -0.444 e. The predicted molar refractivity (Wildman–Crippen MR) is 98.3 cm³/mol. The molecule has 1 aromatic rings. The summed E-state index contributed by atoms with van der Waals surface area (Å²) in [5.41, 5.74) is 0.0573. The summed E-state index contributed by atoms with van der Waals surface area (Å²) in [5, 5.41) is 0.526. The van der Waals surface area contributed by atoms with E-state index in [1.165, 1.54) is 0 Å². The van der Waals surface area contributed by atoms with E-state index in [1.807, 2.05) is 0 Å². The number of carbonyl (C=O) groups excluding carboxylic acids is 1. The number of ether oxygens (including phenoxy) is 1. The molecule has 0 bridgehead atoms. The maximum absolute atomic E-state index is 14.6. The van der Waals surface area contributed by atoms with E-state index in [4.69, 9.17) is 16.3 Å². The zero-order chi connectivity index (χ0) is 19.5. The Kier molecular flexibility index (Phi) is 5.98. The number of allylic oxidation sites excluding steroid dienone is 1. The molecule has 1 atom stereocenters. The second-order valence-electron chi connectivity index (χ2n) is 7.29. The molecule has 0 saturated carbocycles. The first-order chi connectivity index (χ1) is 12.0. The van der Waals surface area contributed by atoms with Crippen molar-refractivity contribution >= 4 is 17.7 Å². The van der Waals surface area contributed by atoms with E-state index in [9.17, 15) is 13.6 Å². The van der Waals surface area contributed by atoms with Crippen LogP contribution in [0.2, 0.25) is 5.02 Å². The topological polar surface area (TPSA) is 29.5 Å². The molecular formula is C20H22ClF2NO2. The molecule has 1 aromatic carbocycles. The molecule has 26 heavy (non-hydrogen) atoms. The molecule has 0 aliphatic carbocycles. The van der Waals surface area contributed by atoms with Crippen LogP contribution >= 0.6 is 11.6 Å². The number of rotatable bonds is 1. The highest BCUT2D eigenvalue weighted by molar-refractivity contribution is 6.30. The fraction of sp³-hybridized carbons (Fsp3) is 0.450. The largest absolute Gasteiger partial charge is 0.444 e. The molecule has 2 rings (SSSR count). The van der Waals surface area contributed by atoms with Crippen molar-refractivity contribution in [3.8, 4) is 11.8 Å². The Morgan fingerprint density at radius 1 is 1.42 bits per heavy atom. The normalized spacial score (nSPS) is 19.3. The van der Waals surface area contributed by atoms with Crippen molar-refractivity contribution < 1.29 is 18.3 Å². The van der Waals surface area contributed by atoms with Gasteiger partial charge in [0.2, 0.25) is 0 Å². The van der Waals surface area contributed by atoms with Crippen molar-refractivity contribution in [2.75, 3.05) is 13.1 Å². The van der Waals surface area contributed by atoms with Crippen molar-refractivity contribution in [1.82, 2.24) is 4.90 Å². The third-order valence-electron chi connectivity index (χ3n) is 3.86. The van der Waals surface area contributed by atoms with E-state index in [0.717, 1.165) is 4.90 Å². The number of carbonyl (C=O) groups is 1. The van der Waals surface area contributed by atoms with Gasteiger partial charge in [-0.25, -0.2) is 13.6 Å². The zero-order valence-electron chi connectivity index (χ0n) is 15.1. The molecule has 140 valence electrons. The first kappa shape index (κ1) is 20.3. The molecule has 1 aliphatic rings. The second-order valence-corrected chi connectivity index (χ2v) is 7.73. The molecule has 1 aliphatic heterocycles. The minimum absolute atomic E-state index is 0.0787. The van der Waals surface area contributed by atoms with Gasteiger partial charge in [-0.1, -0.05) is 36.1 Å². The van der Waals surface area contributed by atoms with Crippen molar-refractivity contribution in [1.29, 1.82) is 0 Å². The summed E-state index contributed by atoms with van der Waals surface area (Å²) in [6.45, 7) is 8.28. The second kappa shape index (κ2) is 7.67. The van der Waals surface area contributed by atoms with Crippen molar-refractivity contribution in [2.24, 2.45) is 5.92 Å². The van der Waals surface area contributed by atoms with Gasteiger partial charge in [-0.2, -0.15) is 0 Å². The molecule has 0 radical (unpaired) electrons. The molecule has 1 amide bonds. The summed E-state index contributed by atoms with van der Waals surface area (Å²) in [4.78, 5) is 13.1. The SMILES string of the molecule is C=C(C#Cc1cccc(Cl)c1)C1CCN(C(=O)OC(C)(C)C)CC1(F)F. The van der Waals surface area contributed by atoms with Crippen LogP contribution in [0.25, 0.3) is 0 Å². The summed E-state index contributed by atoms with van der Waals surface area (Å²) in [6.07, 6.45) is -0.652. The van der Waals surface area contributed by atoms with E-state index in [2.05, 4.69) is 18.4 Å². The van der Waals surface area contributed by atoms with Gasteiger partial charge >= 0.3 is 6.09 Å². The summed E-state index contributed by atoms with van der Waals surface area (Å²) in [7, 11) is 0. The highest BCUT2D eigenvalue weighted by Crippen LogP contribution is 2.37. The van der Waals surface area contributed by atoms with E-state index >= 15 is 0 Å². The number of nitrogens with zero attached hydrogens (tertiary/aromatic N) is 1. The number of benzene rings is 1. The summed E-state index contributed by atoms with van der Waals surface area (Å²) < 4.78 is 34.3. The number of piperidine rings is 1. The van der Waals surface area contributed by atoms with Crippen LogP contribution in [0.4, 0.5) is 13.6 Å². The van der Waals surface area contributed by atoms with E-state index in [0.29, 0.717) is 10.6 Å². The maximum Gasteiger partial charge on any atom is 0.410 e. The quantitative estimate of drug-likeness (QED) is 0.630. The number of amides is 1. The van der Waals surface area contributed by atoms with Crippen LogP contribution in [-0.2, 0) is 4.74 Å². The average Bonchev–Trinajstić information content (AvgIpc) is 2.50. The van der Waals surface area contributed by atoms with Crippen LogP contribution in [0.3, 0.4) is 0 Å². The smallest absolute Gasteiger partial charge is 0.410 e. The van der Waals surface area contributed by atoms with Gasteiger partial charge in [-0.3, -0.25) is 0 Å². The number of hydrogen-bond acceptors (Lipinski definition) is 2. The first-order valence-electron chi connectivity index (χ1n) is 8.30. The lowest BCUT2D eigenvalue weighted by atomic mass is 9.87. The van der Waals surface area contributed by atoms with Gasteiger partial charge in [-0.05, 0) is 45.4 Å². The molecule has 1 fully saturated rings. The fourth-order valence-corrected chi connectivity index (χ4v) is 2.85. The minimum atomic E-state index is -3.12. The Morgan fingerprint density at radius 2 is 2.12 bits per heavy atom. The summed E-state index contributed by atoms with van der Waals surface area (Å²) in [6, 6.07) is 6.85. The molecule has 0 spiro atoms. The van der Waals surface area contributed by atoms with E-state index in [-0.39, 0.29) is 18.5 Å². The number of halogens is 3. The van der Waals surface area contributed by atoms with Crippen LogP contribution in [0, 0.1) is 17.8 Å². The monoisotopic (exact) mass is 381 g/mol. The van der Waals surface area contributed by atoms with E-state index in [1.54, 1.807) is 45.0 Å². The van der Waals surface area contributed by atoms with Crippen LogP contribution in [-0.4, -0.2) is 35.6 Å². The van der Waals surface area contributed by atoms with Gasteiger partial charge in [0.1, 0.15) is 5.60 Å². The van der Waals surface area contributed by atoms with Gasteiger partial charge in [0.05, 0.1) is 12.5 Å². The standard InChI is InChI=1S/C20H22ClF2NO2/c1-14(8-9-15-6-5-7-16(21)12-15)17-10-11-24(13-20(17,22)23)18(25)26-19(2,3)4/h5-7,12,17H,1,10-11,13H2,2-4H3. The van der Waals surface area contributed by atoms with Gasteiger partial charge < -0.3 is 9.64 Å². The highest BCUT2D eigenvalue weighted by Gasteiger charge is 2.47. The number of alkyl halides is 2. The van der Waals surface area contributed by atoms with Crippen LogP contribution < -0.4 is 0 Å². The lowest BCUT2D eigenvalue weighted by Crippen LogP contribution is -2.52. The van der Waals surface area contributed by atoms with Gasteiger partial charge in [0.25, 0.3) is 5.92 Å². The van der Waals surface area contributed by atoms with Crippen molar-refractivity contribution in [3.63, 3.8) is 0 Å². The highest BCUT2D eigenvalue weighted by atomic mass is 35.5.